The van der Waals surface area contributed by atoms with Crippen molar-refractivity contribution in [3.8, 4) is 33.8 Å². The summed E-state index contributed by atoms with van der Waals surface area (Å²) in [6.45, 7) is 0. The summed E-state index contributed by atoms with van der Waals surface area (Å²) in [6.07, 6.45) is 3.30. The lowest BCUT2D eigenvalue weighted by Crippen LogP contribution is -2.22. The van der Waals surface area contributed by atoms with E-state index in [-0.39, 0.29) is 11.3 Å². The van der Waals surface area contributed by atoms with Crippen LogP contribution in [0.4, 0.5) is 4.39 Å². The molecule has 0 saturated heterocycles. The van der Waals surface area contributed by atoms with Crippen LogP contribution in [-0.2, 0) is 0 Å². The molecule has 2 heterocycles. The Morgan fingerprint density at radius 3 is 2.55 bits per heavy atom. The zero-order valence-electron chi connectivity index (χ0n) is 15.8. The van der Waals surface area contributed by atoms with Crippen molar-refractivity contribution in [2.45, 2.75) is 0 Å². The van der Waals surface area contributed by atoms with E-state index in [0.717, 1.165) is 17.0 Å². The molecule has 1 amide bonds. The molecule has 29 heavy (non-hydrogen) atoms. The van der Waals surface area contributed by atoms with Gasteiger partial charge in [0.1, 0.15) is 11.4 Å². The summed E-state index contributed by atoms with van der Waals surface area (Å²) in [5.74, 6) is -1.94. The zero-order chi connectivity index (χ0) is 20.7. The van der Waals surface area contributed by atoms with Gasteiger partial charge in [0.05, 0.1) is 5.56 Å². The maximum Gasteiger partial charge on any atom is 0.257 e. The van der Waals surface area contributed by atoms with Gasteiger partial charge in [-0.1, -0.05) is 18.2 Å². The first-order valence-electron chi connectivity index (χ1n) is 8.87. The van der Waals surface area contributed by atoms with Gasteiger partial charge in [-0.15, -0.1) is 0 Å². The van der Waals surface area contributed by atoms with E-state index >= 15 is 0 Å². The molecular formula is C22H18FN3O3. The van der Waals surface area contributed by atoms with Gasteiger partial charge in [-0.2, -0.15) is 0 Å². The molecule has 146 valence electrons. The Labute approximate surface area is 165 Å². The zero-order valence-corrected chi connectivity index (χ0v) is 15.8. The molecule has 6 nitrogen and oxygen atoms in total. The minimum Gasteiger partial charge on any atom is -0.507 e. The number of aromatic amines is 1. The number of para-hydroxylation sites is 1. The minimum absolute atomic E-state index is 0.125. The van der Waals surface area contributed by atoms with Crippen molar-refractivity contribution < 1.29 is 19.4 Å². The number of phenols is 2. The van der Waals surface area contributed by atoms with Gasteiger partial charge in [0.2, 0.25) is 0 Å². The van der Waals surface area contributed by atoms with Gasteiger partial charge >= 0.3 is 0 Å². The number of fused-ring (bicyclic) bond motifs is 1. The molecule has 7 heteroatoms. The van der Waals surface area contributed by atoms with Crippen molar-refractivity contribution in [1.82, 2.24) is 14.9 Å². The number of phenolic OH excluding ortho intramolecular Hbond substituents is 2. The highest BCUT2D eigenvalue weighted by Crippen LogP contribution is 2.36. The van der Waals surface area contributed by atoms with Crippen LogP contribution in [0.25, 0.3) is 33.3 Å². The van der Waals surface area contributed by atoms with E-state index < -0.39 is 17.5 Å². The molecule has 0 unspecified atom stereocenters. The van der Waals surface area contributed by atoms with Crippen LogP contribution in [-0.4, -0.2) is 45.1 Å². The summed E-state index contributed by atoms with van der Waals surface area (Å²) in [5.41, 5.74) is 2.84. The molecule has 0 aliphatic rings. The molecule has 4 aromatic rings. The van der Waals surface area contributed by atoms with Crippen molar-refractivity contribution in [1.29, 1.82) is 0 Å². The van der Waals surface area contributed by atoms with Gasteiger partial charge in [-0.05, 0) is 29.8 Å². The van der Waals surface area contributed by atoms with E-state index in [1.807, 2.05) is 6.07 Å². The number of amides is 1. The SMILES string of the molecule is CN(C)C(=O)c1cc(-c2cnc3[nH]cc(-c4ccccc4O)c3c2)cc(F)c1O. The summed E-state index contributed by atoms with van der Waals surface area (Å²) in [4.78, 5) is 21.0. The Kier molecular flexibility index (Phi) is 4.43. The van der Waals surface area contributed by atoms with Gasteiger partial charge in [0, 0.05) is 48.6 Å². The summed E-state index contributed by atoms with van der Waals surface area (Å²) in [7, 11) is 3.05. The van der Waals surface area contributed by atoms with Crippen molar-refractivity contribution >= 4 is 16.9 Å². The average Bonchev–Trinajstić information content (AvgIpc) is 3.12. The Morgan fingerprint density at radius 1 is 1.07 bits per heavy atom. The third-order valence-electron chi connectivity index (χ3n) is 4.76. The third kappa shape index (κ3) is 3.16. The molecule has 0 radical (unpaired) electrons. The van der Waals surface area contributed by atoms with Crippen molar-refractivity contribution in [3.05, 3.63) is 66.2 Å². The molecular weight excluding hydrogens is 373 g/mol. The van der Waals surface area contributed by atoms with Crippen LogP contribution < -0.4 is 0 Å². The Bertz CT molecular complexity index is 1250. The molecule has 2 aromatic heterocycles. The Morgan fingerprint density at radius 2 is 1.83 bits per heavy atom. The van der Waals surface area contributed by atoms with Crippen molar-refractivity contribution in [2.75, 3.05) is 14.1 Å². The number of pyridine rings is 1. The van der Waals surface area contributed by atoms with E-state index in [1.165, 1.54) is 25.1 Å². The molecule has 0 spiro atoms. The van der Waals surface area contributed by atoms with Crippen molar-refractivity contribution in [3.63, 3.8) is 0 Å². The number of H-pyrrole nitrogens is 1. The van der Waals surface area contributed by atoms with E-state index in [9.17, 15) is 19.4 Å². The molecule has 0 fully saturated rings. The second-order valence-corrected chi connectivity index (χ2v) is 6.89. The number of nitrogens with one attached hydrogen (secondary N) is 1. The van der Waals surface area contributed by atoms with Gasteiger partial charge in [0.15, 0.2) is 11.6 Å². The van der Waals surface area contributed by atoms with Crippen LogP contribution in [0.2, 0.25) is 0 Å². The highest BCUT2D eigenvalue weighted by Gasteiger charge is 2.19. The molecule has 0 saturated carbocycles. The predicted octanol–water partition coefficient (Wildman–Crippen LogP) is 4.15. The number of nitrogens with zero attached hydrogens (tertiary/aromatic N) is 2. The maximum atomic E-state index is 14.3. The third-order valence-corrected chi connectivity index (χ3v) is 4.76. The van der Waals surface area contributed by atoms with Crippen LogP contribution in [0, 0.1) is 5.82 Å². The highest BCUT2D eigenvalue weighted by molar-refractivity contribution is 5.99. The first kappa shape index (κ1) is 18.5. The number of carbonyl (C=O) groups excluding carboxylic acids is 1. The number of halogens is 1. The van der Waals surface area contributed by atoms with Crippen molar-refractivity contribution in [2.24, 2.45) is 0 Å². The number of hydrogen-bond acceptors (Lipinski definition) is 4. The van der Waals surface area contributed by atoms with Gasteiger partial charge in [0.25, 0.3) is 5.91 Å². The fraction of sp³-hybridized carbons (Fsp3) is 0.0909. The van der Waals surface area contributed by atoms with Crippen LogP contribution in [0.3, 0.4) is 0 Å². The van der Waals surface area contributed by atoms with Gasteiger partial charge in [-0.3, -0.25) is 4.79 Å². The molecule has 0 aliphatic carbocycles. The number of benzene rings is 2. The lowest BCUT2D eigenvalue weighted by atomic mass is 9.99. The predicted molar refractivity (Wildman–Crippen MR) is 108 cm³/mol. The highest BCUT2D eigenvalue weighted by atomic mass is 19.1. The fourth-order valence-electron chi connectivity index (χ4n) is 3.26. The standard InChI is InChI=1S/C22H18FN3O3/c1-26(2)22(29)16-7-12(9-18(23)20(16)28)13-8-15-17(11-25-21(15)24-10-13)14-5-3-4-6-19(14)27/h3-11,27-28H,1-2H3,(H,24,25). The number of hydrogen-bond donors (Lipinski definition) is 3. The van der Waals surface area contributed by atoms with E-state index in [4.69, 9.17) is 0 Å². The summed E-state index contributed by atoms with van der Waals surface area (Å²) in [5, 5.41) is 20.9. The lowest BCUT2D eigenvalue weighted by molar-refractivity contribution is 0.0824. The number of aromatic hydroxyl groups is 2. The summed E-state index contributed by atoms with van der Waals surface area (Å²) < 4.78 is 14.3. The average molecular weight is 391 g/mol. The van der Waals surface area contributed by atoms with Gasteiger partial charge < -0.3 is 20.1 Å². The minimum atomic E-state index is -0.886. The normalized spacial score (nSPS) is 11.0. The van der Waals surface area contributed by atoms with E-state index in [1.54, 1.807) is 36.7 Å². The maximum absolute atomic E-state index is 14.3. The van der Waals surface area contributed by atoms with Crippen LogP contribution in [0.1, 0.15) is 10.4 Å². The second-order valence-electron chi connectivity index (χ2n) is 6.89. The topological polar surface area (TPSA) is 89.5 Å². The first-order chi connectivity index (χ1) is 13.9. The molecule has 2 aromatic carbocycles. The smallest absolute Gasteiger partial charge is 0.257 e. The Hall–Kier alpha value is -3.87. The molecule has 3 N–H and O–H groups in total. The summed E-state index contributed by atoms with van der Waals surface area (Å²) >= 11 is 0. The van der Waals surface area contributed by atoms with Crippen LogP contribution in [0.15, 0.2) is 54.9 Å². The van der Waals surface area contributed by atoms with Crippen LogP contribution >= 0.6 is 0 Å². The largest absolute Gasteiger partial charge is 0.507 e. The summed E-state index contributed by atoms with van der Waals surface area (Å²) in [6, 6.07) is 11.3. The lowest BCUT2D eigenvalue weighted by Gasteiger charge is -2.13. The molecule has 0 atom stereocenters. The second kappa shape index (κ2) is 6.94. The van der Waals surface area contributed by atoms with Gasteiger partial charge in [-0.25, -0.2) is 9.37 Å². The fourth-order valence-corrected chi connectivity index (χ4v) is 3.26. The molecule has 0 aliphatic heterocycles. The molecule has 4 rings (SSSR count). The first-order valence-corrected chi connectivity index (χ1v) is 8.87. The van der Waals surface area contributed by atoms with Crippen LogP contribution in [0.5, 0.6) is 11.5 Å². The monoisotopic (exact) mass is 391 g/mol. The number of rotatable bonds is 3. The van der Waals surface area contributed by atoms with E-state index in [2.05, 4.69) is 9.97 Å². The quantitative estimate of drug-likeness (QED) is 0.489. The number of aromatic nitrogens is 2. The van der Waals surface area contributed by atoms with E-state index in [0.29, 0.717) is 22.3 Å². The Balaban J connectivity index is 1.89. The molecule has 0 bridgehead atoms. The number of carbonyl (C=O) groups is 1.